The second-order valence-corrected chi connectivity index (χ2v) is 19.1. The third-order valence-electron chi connectivity index (χ3n) is 12.8. The summed E-state index contributed by atoms with van der Waals surface area (Å²) < 4.78 is 22.9. The first kappa shape index (κ1) is 56.0. The van der Waals surface area contributed by atoms with Gasteiger partial charge in [-0.05, 0) is 61.9 Å². The van der Waals surface area contributed by atoms with Gasteiger partial charge in [-0.25, -0.2) is 4.79 Å². The Morgan fingerprint density at radius 3 is 2.03 bits per heavy atom. The molecule has 0 saturated carbocycles. The van der Waals surface area contributed by atoms with Gasteiger partial charge >= 0.3 is 11.9 Å². The predicted molar refractivity (Wildman–Crippen MR) is 256 cm³/mol. The zero-order valence-electron chi connectivity index (χ0n) is 41.8. The second-order valence-electron chi connectivity index (χ2n) is 19.1. The highest BCUT2D eigenvalue weighted by Gasteiger charge is 2.49. The molecule has 2 fully saturated rings. The average Bonchev–Trinajstić information content (AvgIpc) is 4.14. The maximum absolute atomic E-state index is 15.1. The van der Waals surface area contributed by atoms with Gasteiger partial charge in [-0.1, -0.05) is 77.1 Å². The molecule has 2 aromatic rings. The van der Waals surface area contributed by atoms with Crippen molar-refractivity contribution in [3.63, 3.8) is 0 Å². The minimum absolute atomic E-state index is 0.142. The molecule has 6 rings (SSSR count). The number of cyclic esters (lactones) is 1. The van der Waals surface area contributed by atoms with Crippen molar-refractivity contribution in [3.8, 4) is 5.75 Å². The zero-order chi connectivity index (χ0) is 53.2. The number of carbonyl (C=O) groups is 9. The number of rotatable bonds is 8. The van der Waals surface area contributed by atoms with Crippen LogP contribution in [-0.2, 0) is 63.8 Å². The van der Waals surface area contributed by atoms with Gasteiger partial charge in [0.15, 0.2) is 6.04 Å². The van der Waals surface area contributed by atoms with E-state index in [1.807, 2.05) is 0 Å². The van der Waals surface area contributed by atoms with Crippen LogP contribution in [0.15, 0.2) is 66.7 Å². The number of benzene rings is 2. The van der Waals surface area contributed by atoms with E-state index >= 15 is 4.79 Å². The van der Waals surface area contributed by atoms with Crippen LogP contribution in [0.4, 0.5) is 0 Å². The Morgan fingerprint density at radius 1 is 0.806 bits per heavy atom. The van der Waals surface area contributed by atoms with E-state index in [4.69, 9.17) is 18.9 Å². The summed E-state index contributed by atoms with van der Waals surface area (Å²) in [5, 5.41) is 36.9. The molecule has 22 heteroatoms. The van der Waals surface area contributed by atoms with Gasteiger partial charge in [-0.2, -0.15) is 0 Å². The van der Waals surface area contributed by atoms with Gasteiger partial charge in [0.2, 0.25) is 41.4 Å². The highest BCUT2D eigenvalue weighted by Crippen LogP contribution is 2.35. The third kappa shape index (κ3) is 14.4. The summed E-state index contributed by atoms with van der Waals surface area (Å²) in [7, 11) is 1.32. The van der Waals surface area contributed by atoms with Crippen LogP contribution in [0.2, 0.25) is 0 Å². The molecular weight excluding hydrogens is 939 g/mol. The van der Waals surface area contributed by atoms with E-state index in [-0.39, 0.29) is 18.6 Å². The Hall–Kier alpha value is -6.91. The van der Waals surface area contributed by atoms with Gasteiger partial charge < -0.3 is 66.0 Å². The number of nitrogens with zero attached hydrogens (tertiary/aromatic N) is 1. The van der Waals surface area contributed by atoms with E-state index in [0.717, 1.165) is 11.0 Å². The molecule has 4 bridgehead atoms. The van der Waals surface area contributed by atoms with Crippen molar-refractivity contribution in [1.82, 2.24) is 36.8 Å². The molecule has 2 aromatic carbocycles. The Labute approximate surface area is 417 Å². The SMILES string of the molecule is CC(C)C1NC(=O)[C@@H](NC(=O)[C@H](C)[C@H](O)C(C)C)[C@@H](C)OC(=O)[C@@H]2COC(=O)CNC(=O)/C=C\[C@]3(CO3)[C@@H](C)Oc3ccc(cc3)[C@H](NC1=O)C(=O)N(C)[C@@H](Cc1ccccc1)C(=O)N[C@H]([C@@H](C)O)C(=O)N2. The van der Waals surface area contributed by atoms with Crippen molar-refractivity contribution in [2.24, 2.45) is 17.8 Å². The monoisotopic (exact) mass is 1010 g/mol. The topological polar surface area (TPSA) is 310 Å². The lowest BCUT2D eigenvalue weighted by atomic mass is 9.93. The number of aliphatic hydroxyl groups excluding tert-OH is 2. The number of ether oxygens (including phenoxy) is 4. The van der Waals surface area contributed by atoms with Crippen LogP contribution in [0.1, 0.15) is 72.6 Å². The molecule has 1 unspecified atom stereocenters. The number of amides is 7. The molecule has 2 saturated heterocycles. The Morgan fingerprint density at radius 2 is 1.43 bits per heavy atom. The molecular formula is C50H67N7O15. The quantitative estimate of drug-likeness (QED) is 0.119. The van der Waals surface area contributed by atoms with Crippen LogP contribution in [0.25, 0.3) is 0 Å². The second kappa shape index (κ2) is 24.5. The number of aliphatic hydroxyl groups is 2. The van der Waals surface area contributed by atoms with Crippen LogP contribution in [0.5, 0.6) is 5.75 Å². The van der Waals surface area contributed by atoms with Crippen LogP contribution in [-0.4, -0.2) is 155 Å². The van der Waals surface area contributed by atoms with Gasteiger partial charge in [-0.15, -0.1) is 0 Å². The van der Waals surface area contributed by atoms with Gasteiger partial charge in [0.05, 0.1) is 24.7 Å². The molecule has 0 aliphatic carbocycles. The summed E-state index contributed by atoms with van der Waals surface area (Å²) >= 11 is 0. The molecule has 72 heavy (non-hydrogen) atoms. The number of hydrogen-bond donors (Lipinski definition) is 8. The molecule has 7 amide bonds. The van der Waals surface area contributed by atoms with Gasteiger partial charge in [0, 0.05) is 19.5 Å². The van der Waals surface area contributed by atoms with Crippen molar-refractivity contribution < 1.29 is 72.3 Å². The van der Waals surface area contributed by atoms with Gasteiger partial charge in [0.1, 0.15) is 66.9 Å². The Balaban J connectivity index is 1.71. The normalized spacial score (nSPS) is 29.2. The maximum Gasteiger partial charge on any atom is 0.332 e. The van der Waals surface area contributed by atoms with Crippen molar-refractivity contribution >= 4 is 53.3 Å². The van der Waals surface area contributed by atoms with Crippen molar-refractivity contribution in [1.29, 1.82) is 0 Å². The summed E-state index contributed by atoms with van der Waals surface area (Å²) in [5.41, 5.74) is -0.255. The summed E-state index contributed by atoms with van der Waals surface area (Å²) in [6.45, 7) is 10.6. The fourth-order valence-electron chi connectivity index (χ4n) is 7.98. The summed E-state index contributed by atoms with van der Waals surface area (Å²) in [6.07, 6.45) is -2.69. The zero-order valence-corrected chi connectivity index (χ0v) is 41.8. The molecule has 4 heterocycles. The van der Waals surface area contributed by atoms with E-state index in [1.54, 1.807) is 65.0 Å². The molecule has 1 spiro atoms. The first-order chi connectivity index (χ1) is 33.9. The molecule has 4 aliphatic heterocycles. The fraction of sp³-hybridized carbons (Fsp3) is 0.540. The number of fused-ring (bicyclic) bond motifs is 9. The van der Waals surface area contributed by atoms with Crippen LogP contribution >= 0.6 is 0 Å². The molecule has 12 atom stereocenters. The number of esters is 2. The number of epoxide rings is 1. The predicted octanol–water partition coefficient (Wildman–Crippen LogP) is -0.747. The molecule has 22 nitrogen and oxygen atoms in total. The number of carbonyl (C=O) groups excluding carboxylic acids is 9. The van der Waals surface area contributed by atoms with Crippen LogP contribution < -0.4 is 36.6 Å². The first-order valence-electron chi connectivity index (χ1n) is 23.8. The molecule has 392 valence electrons. The van der Waals surface area contributed by atoms with E-state index < -0.39 is 150 Å². The van der Waals surface area contributed by atoms with E-state index in [2.05, 4.69) is 31.9 Å². The smallest absolute Gasteiger partial charge is 0.332 e. The van der Waals surface area contributed by atoms with E-state index in [0.29, 0.717) is 11.3 Å². The van der Waals surface area contributed by atoms with Crippen LogP contribution in [0.3, 0.4) is 0 Å². The lowest BCUT2D eigenvalue weighted by molar-refractivity contribution is -0.160. The van der Waals surface area contributed by atoms with E-state index in [1.165, 1.54) is 58.2 Å². The Kier molecular flexibility index (Phi) is 19.0. The lowest BCUT2D eigenvalue weighted by Gasteiger charge is -2.33. The molecule has 8 N–H and O–H groups in total. The summed E-state index contributed by atoms with van der Waals surface area (Å²) in [5.74, 6) is -10.8. The summed E-state index contributed by atoms with van der Waals surface area (Å²) in [6, 6.07) is 4.64. The minimum Gasteiger partial charge on any atom is -0.487 e. The highest BCUT2D eigenvalue weighted by atomic mass is 16.6. The maximum atomic E-state index is 15.1. The molecule has 0 aromatic heterocycles. The first-order valence-corrected chi connectivity index (χ1v) is 23.8. The van der Waals surface area contributed by atoms with E-state index in [9.17, 15) is 48.6 Å². The van der Waals surface area contributed by atoms with Gasteiger partial charge in [-0.3, -0.25) is 38.4 Å². The number of likely N-dealkylation sites (N-methyl/N-ethyl adjacent to an activating group) is 1. The standard InChI is InChI=1S/C50H67N7O15/c1-25(2)38-45(64)56-41-32-15-17-33(18-16-32)72-30(8)50(24-70-50)20-19-36(59)51-22-37(60)69-23-34(49(68)71-29(7)40(47(66)53-38)55-43(62)27(5)42(61)26(3)4)52-46(65)39(28(6)58)54-44(63)35(57(9)48(41)67)21-31-13-11-10-12-14-31/h10-20,25-30,34-35,38-42,58,61H,21-24H2,1-9H3,(H,51,59)(H,52,65)(H,53,66)(H,54,63)(H,55,62)(H,56,64)/b20-19-/t27-,28-,29-,30-,34+,35+,38?,39-,40+,41+,42-,50+/m1/s1. The van der Waals surface area contributed by atoms with Gasteiger partial charge in [0.25, 0.3) is 0 Å². The average molecular weight is 1010 g/mol. The third-order valence-corrected chi connectivity index (χ3v) is 12.8. The largest absolute Gasteiger partial charge is 0.487 e. The highest BCUT2D eigenvalue weighted by molar-refractivity contribution is 5.98. The van der Waals surface area contributed by atoms with Crippen LogP contribution in [0, 0.1) is 17.8 Å². The fourth-order valence-corrected chi connectivity index (χ4v) is 7.98. The van der Waals surface area contributed by atoms with Crippen molar-refractivity contribution in [3.05, 3.63) is 77.9 Å². The lowest BCUT2D eigenvalue weighted by Crippen LogP contribution is -2.61. The number of nitrogens with one attached hydrogen (secondary N) is 6. The minimum atomic E-state index is -1.94. The molecule has 4 aliphatic rings. The van der Waals surface area contributed by atoms with Crippen molar-refractivity contribution in [2.45, 2.75) is 128 Å². The molecule has 0 radical (unpaired) electrons. The van der Waals surface area contributed by atoms with Crippen molar-refractivity contribution in [2.75, 3.05) is 26.8 Å². The number of hydrogen-bond acceptors (Lipinski definition) is 15. The Bertz CT molecular complexity index is 2340. The summed E-state index contributed by atoms with van der Waals surface area (Å²) in [4.78, 5) is 128.